The minimum Gasteiger partial charge on any atom is -0.319 e. The largest absolute Gasteiger partial charge is 0.319 e. The maximum absolute atomic E-state index is 4.59. The molecule has 0 aliphatic rings. The van der Waals surface area contributed by atoms with Crippen LogP contribution >= 0.6 is 12.6 Å². The summed E-state index contributed by atoms with van der Waals surface area (Å²) in [7, 11) is 1.90. The summed E-state index contributed by atoms with van der Waals surface area (Å²) < 4.78 is 0. The molecule has 0 aromatic heterocycles. The highest BCUT2D eigenvalue weighted by atomic mass is 32.1. The fourth-order valence-corrected chi connectivity index (χ4v) is 0.306. The van der Waals surface area contributed by atoms with Crippen molar-refractivity contribution in [2.75, 3.05) is 19.3 Å². The van der Waals surface area contributed by atoms with Crippen LogP contribution in [0.5, 0.6) is 0 Å². The third-order valence-corrected chi connectivity index (χ3v) is 0.556. The second-order valence-electron chi connectivity index (χ2n) is 0.808. The molecule has 0 atom stereocenters. The lowest BCUT2D eigenvalue weighted by atomic mass is 10.8. The van der Waals surface area contributed by atoms with Crippen LogP contribution in [-0.4, -0.2) is 19.3 Å². The predicted octanol–water partition coefficient (Wildman–Crippen LogP) is 0.403. The summed E-state index contributed by atoms with van der Waals surface area (Å²) in [6.07, 6.45) is 0. The second kappa shape index (κ2) is 4.31. The molecular weight excluding hydrogens is 82.1 g/mol. The molecule has 0 rings (SSSR count). The molecule has 2 heteroatoms. The van der Waals surface area contributed by atoms with Crippen LogP contribution in [0, 0.1) is 0 Å². The smallest absolute Gasteiger partial charge is 0.0162 e. The molecule has 0 fully saturated rings. The lowest BCUT2D eigenvalue weighted by molar-refractivity contribution is 0.874. The van der Waals surface area contributed by atoms with Crippen molar-refractivity contribution in [3.8, 4) is 0 Å². The van der Waals surface area contributed by atoms with Gasteiger partial charge >= 0.3 is 0 Å². The van der Waals surface area contributed by atoms with E-state index in [-0.39, 0.29) is 0 Å². The molecule has 1 N–H and O–H groups in total. The summed E-state index contributed by atoms with van der Waals surface area (Å²) in [5, 5.41) is 2.91. The molecule has 0 amide bonds. The third-order valence-electron chi connectivity index (χ3n) is 0.352. The van der Waals surface area contributed by atoms with Gasteiger partial charge in [0.05, 0.1) is 0 Å². The van der Waals surface area contributed by atoms with Crippen LogP contribution in [0.2, 0.25) is 0 Å². The van der Waals surface area contributed by atoms with Crippen LogP contribution in [0.15, 0.2) is 0 Å². The molecule has 0 heterocycles. The Kier molecular flexibility index (Phi) is 4.58. The molecule has 5 heavy (non-hydrogen) atoms. The molecule has 0 saturated carbocycles. The first-order chi connectivity index (χ1) is 2.41. The number of rotatable bonds is 2. The zero-order chi connectivity index (χ0) is 4.12. The van der Waals surface area contributed by atoms with E-state index in [0.717, 1.165) is 12.3 Å². The van der Waals surface area contributed by atoms with E-state index in [1.54, 1.807) is 0 Å². The van der Waals surface area contributed by atoms with Gasteiger partial charge < -0.3 is 5.32 Å². The Bertz CT molecular complexity index is 14.4. The first-order valence-corrected chi connectivity index (χ1v) is 2.22. The van der Waals surface area contributed by atoms with E-state index < -0.39 is 0 Å². The molecule has 31 valence electrons. The van der Waals surface area contributed by atoms with Crippen molar-refractivity contribution >= 4 is 12.6 Å². The lowest BCUT2D eigenvalue weighted by Gasteiger charge is -1.83. The SMILES string of the molecule is CNCC[S]. The van der Waals surface area contributed by atoms with Gasteiger partial charge in [0.2, 0.25) is 0 Å². The molecule has 0 bridgehead atoms. The number of nitrogens with one attached hydrogen (secondary N) is 1. The van der Waals surface area contributed by atoms with Gasteiger partial charge in [0.25, 0.3) is 0 Å². The molecule has 0 aromatic carbocycles. The summed E-state index contributed by atoms with van der Waals surface area (Å²) in [6, 6.07) is 0. The fourth-order valence-electron chi connectivity index (χ4n) is 0.102. The zero-order valence-corrected chi connectivity index (χ0v) is 4.14. The van der Waals surface area contributed by atoms with Gasteiger partial charge in [-0.3, -0.25) is 0 Å². The summed E-state index contributed by atoms with van der Waals surface area (Å²) in [5.41, 5.74) is 0. The minimum absolute atomic E-state index is 0.816. The standard InChI is InChI=1S/C3H8NS/c1-4-2-3-5/h4H,2-3H2,1H3. The van der Waals surface area contributed by atoms with Gasteiger partial charge in [-0.2, -0.15) is 0 Å². The fraction of sp³-hybridized carbons (Fsp3) is 1.00. The number of hydrogen-bond donors (Lipinski definition) is 1. The van der Waals surface area contributed by atoms with Crippen molar-refractivity contribution in [2.24, 2.45) is 0 Å². The Morgan fingerprint density at radius 2 is 2.40 bits per heavy atom. The third kappa shape index (κ3) is 4.31. The van der Waals surface area contributed by atoms with Crippen LogP contribution in [-0.2, 0) is 0 Å². The molecule has 0 aliphatic heterocycles. The highest BCUT2D eigenvalue weighted by Crippen LogP contribution is 1.62. The maximum atomic E-state index is 4.59. The zero-order valence-electron chi connectivity index (χ0n) is 3.32. The summed E-state index contributed by atoms with van der Waals surface area (Å²) >= 11 is 4.59. The average Bonchev–Trinajstić information content (AvgIpc) is 1.41. The quantitative estimate of drug-likeness (QED) is 0.517. The van der Waals surface area contributed by atoms with E-state index in [0.29, 0.717) is 0 Å². The van der Waals surface area contributed by atoms with Crippen molar-refractivity contribution in [3.63, 3.8) is 0 Å². The molecule has 1 nitrogen and oxygen atoms in total. The minimum atomic E-state index is 0.816. The first-order valence-electron chi connectivity index (χ1n) is 1.64. The Balaban J connectivity index is 2.19. The molecule has 0 unspecified atom stereocenters. The van der Waals surface area contributed by atoms with Gasteiger partial charge in [-0.15, -0.1) is 0 Å². The van der Waals surface area contributed by atoms with Gasteiger partial charge in [-0.05, 0) is 7.05 Å². The Morgan fingerprint density at radius 1 is 1.80 bits per heavy atom. The van der Waals surface area contributed by atoms with E-state index in [9.17, 15) is 0 Å². The molecule has 1 radical (unpaired) electrons. The average molecular weight is 90.2 g/mol. The van der Waals surface area contributed by atoms with Gasteiger partial charge in [0, 0.05) is 12.3 Å². The van der Waals surface area contributed by atoms with Crippen LogP contribution in [0.25, 0.3) is 0 Å². The van der Waals surface area contributed by atoms with Gasteiger partial charge in [-0.1, -0.05) is 12.6 Å². The van der Waals surface area contributed by atoms with E-state index in [1.807, 2.05) is 7.05 Å². The van der Waals surface area contributed by atoms with Crippen LogP contribution in [0.3, 0.4) is 0 Å². The van der Waals surface area contributed by atoms with E-state index in [1.165, 1.54) is 0 Å². The maximum Gasteiger partial charge on any atom is 0.0162 e. The Morgan fingerprint density at radius 3 is 2.40 bits per heavy atom. The highest BCUT2D eigenvalue weighted by molar-refractivity contribution is 7.80. The van der Waals surface area contributed by atoms with Gasteiger partial charge in [0.15, 0.2) is 0 Å². The summed E-state index contributed by atoms with van der Waals surface area (Å²) in [6.45, 7) is 0.954. The van der Waals surface area contributed by atoms with Gasteiger partial charge in [0.1, 0.15) is 0 Å². The molecule has 0 saturated heterocycles. The predicted molar refractivity (Wildman–Crippen MR) is 26.4 cm³/mol. The first kappa shape index (κ1) is 5.31. The second-order valence-corrected chi connectivity index (χ2v) is 1.22. The van der Waals surface area contributed by atoms with Crippen LogP contribution in [0.1, 0.15) is 0 Å². The topological polar surface area (TPSA) is 12.0 Å². The van der Waals surface area contributed by atoms with Crippen molar-refractivity contribution in [1.29, 1.82) is 0 Å². The molecule has 0 aliphatic carbocycles. The number of hydrogen-bond acceptors (Lipinski definition) is 1. The van der Waals surface area contributed by atoms with E-state index >= 15 is 0 Å². The Hall–Kier alpha value is 0.310. The van der Waals surface area contributed by atoms with Crippen molar-refractivity contribution in [1.82, 2.24) is 5.32 Å². The molecular formula is C3H8NS. The normalized spacial score (nSPS) is 8.40. The van der Waals surface area contributed by atoms with Crippen LogP contribution < -0.4 is 5.32 Å². The van der Waals surface area contributed by atoms with E-state index in [2.05, 4.69) is 17.9 Å². The summed E-state index contributed by atoms with van der Waals surface area (Å²) in [4.78, 5) is 0. The molecule has 0 aromatic rings. The Labute approximate surface area is 38.2 Å². The van der Waals surface area contributed by atoms with Crippen molar-refractivity contribution in [2.45, 2.75) is 0 Å². The van der Waals surface area contributed by atoms with E-state index in [4.69, 9.17) is 0 Å². The molecule has 0 spiro atoms. The highest BCUT2D eigenvalue weighted by Gasteiger charge is 1.66. The lowest BCUT2D eigenvalue weighted by Crippen LogP contribution is -2.07. The van der Waals surface area contributed by atoms with Crippen molar-refractivity contribution < 1.29 is 0 Å². The van der Waals surface area contributed by atoms with Crippen LogP contribution in [0.4, 0.5) is 0 Å². The van der Waals surface area contributed by atoms with Gasteiger partial charge in [-0.25, -0.2) is 0 Å². The van der Waals surface area contributed by atoms with Crippen molar-refractivity contribution in [3.05, 3.63) is 0 Å². The summed E-state index contributed by atoms with van der Waals surface area (Å²) in [5.74, 6) is 0.816. The monoisotopic (exact) mass is 90.0 g/mol.